The predicted molar refractivity (Wildman–Crippen MR) is 90.6 cm³/mol. The van der Waals surface area contributed by atoms with Crippen LogP contribution in [0.4, 0.5) is 4.39 Å². The van der Waals surface area contributed by atoms with Gasteiger partial charge in [-0.1, -0.05) is 64.5 Å². The van der Waals surface area contributed by atoms with Crippen LogP contribution in [0.3, 0.4) is 0 Å². The van der Waals surface area contributed by atoms with E-state index in [1.54, 1.807) is 13.0 Å². The number of hydrogen-bond donors (Lipinski definition) is 0. The van der Waals surface area contributed by atoms with Crippen molar-refractivity contribution in [2.45, 2.75) is 18.7 Å². The summed E-state index contributed by atoms with van der Waals surface area (Å²) in [6.07, 6.45) is 0. The first-order valence-corrected chi connectivity index (χ1v) is 7.88. The molecule has 0 bridgehead atoms. The summed E-state index contributed by atoms with van der Waals surface area (Å²) in [5.41, 5.74) is 4.24. The molecular formula is C19H16BrF. The van der Waals surface area contributed by atoms with Crippen LogP contribution in [-0.4, -0.2) is 0 Å². The summed E-state index contributed by atoms with van der Waals surface area (Å²) in [5, 5.41) is 2.46. The normalized spacial score (nSPS) is 12.6. The van der Waals surface area contributed by atoms with E-state index in [4.69, 9.17) is 0 Å². The molecule has 0 spiro atoms. The maximum absolute atomic E-state index is 13.5. The molecule has 106 valence electrons. The first-order valence-electron chi connectivity index (χ1n) is 6.96. The number of hydrogen-bond acceptors (Lipinski definition) is 0. The molecule has 21 heavy (non-hydrogen) atoms. The van der Waals surface area contributed by atoms with E-state index in [2.05, 4.69) is 53.2 Å². The molecule has 0 N–H and O–H groups in total. The molecule has 1 unspecified atom stereocenters. The van der Waals surface area contributed by atoms with Crippen molar-refractivity contribution in [2.24, 2.45) is 0 Å². The zero-order valence-corrected chi connectivity index (χ0v) is 13.6. The molecule has 0 radical (unpaired) electrons. The summed E-state index contributed by atoms with van der Waals surface area (Å²) < 4.78 is 13.5. The van der Waals surface area contributed by atoms with Crippen LogP contribution < -0.4 is 0 Å². The highest BCUT2D eigenvalue weighted by molar-refractivity contribution is 9.09. The quantitative estimate of drug-likeness (QED) is 0.495. The van der Waals surface area contributed by atoms with Crippen molar-refractivity contribution in [1.82, 2.24) is 0 Å². The van der Waals surface area contributed by atoms with Crippen molar-refractivity contribution >= 4 is 26.7 Å². The predicted octanol–water partition coefficient (Wildman–Crippen LogP) is 6.08. The van der Waals surface area contributed by atoms with Crippen molar-refractivity contribution < 1.29 is 4.39 Å². The molecule has 0 heterocycles. The molecule has 3 aromatic rings. The lowest BCUT2D eigenvalue weighted by atomic mass is 9.94. The van der Waals surface area contributed by atoms with Gasteiger partial charge >= 0.3 is 0 Å². The molecular weight excluding hydrogens is 327 g/mol. The Labute approximate surface area is 132 Å². The molecule has 0 aliphatic rings. The summed E-state index contributed by atoms with van der Waals surface area (Å²) in [7, 11) is 0. The van der Waals surface area contributed by atoms with Crippen LogP contribution in [0.5, 0.6) is 0 Å². The Morgan fingerprint density at radius 1 is 0.905 bits per heavy atom. The van der Waals surface area contributed by atoms with E-state index >= 15 is 0 Å². The highest BCUT2D eigenvalue weighted by atomic mass is 79.9. The number of alkyl halides is 1. The molecule has 0 amide bonds. The van der Waals surface area contributed by atoms with Crippen LogP contribution in [-0.2, 0) is 0 Å². The molecule has 3 aromatic carbocycles. The molecule has 0 aliphatic carbocycles. The maximum atomic E-state index is 13.5. The molecule has 0 fully saturated rings. The Kier molecular flexibility index (Phi) is 3.81. The zero-order chi connectivity index (χ0) is 15.0. The second-order valence-corrected chi connectivity index (χ2v) is 6.30. The largest absolute Gasteiger partial charge is 0.207 e. The van der Waals surface area contributed by atoms with E-state index in [1.807, 2.05) is 18.2 Å². The Bertz CT molecular complexity index is 808. The van der Waals surface area contributed by atoms with Crippen LogP contribution in [0.15, 0.2) is 54.6 Å². The smallest absolute Gasteiger partial charge is 0.126 e. The Hall–Kier alpha value is -1.67. The van der Waals surface area contributed by atoms with Crippen molar-refractivity contribution in [3.05, 3.63) is 82.7 Å². The number of rotatable bonds is 2. The number of aryl methyl sites for hydroxylation is 2. The van der Waals surface area contributed by atoms with Gasteiger partial charge in [0.25, 0.3) is 0 Å². The van der Waals surface area contributed by atoms with Gasteiger partial charge in [-0.25, -0.2) is 4.39 Å². The highest BCUT2D eigenvalue weighted by Crippen LogP contribution is 2.37. The van der Waals surface area contributed by atoms with Gasteiger partial charge < -0.3 is 0 Å². The summed E-state index contributed by atoms with van der Waals surface area (Å²) in [6.45, 7) is 3.92. The fraction of sp³-hybridized carbons (Fsp3) is 0.158. The van der Waals surface area contributed by atoms with Gasteiger partial charge in [0.1, 0.15) is 5.82 Å². The van der Waals surface area contributed by atoms with Crippen molar-refractivity contribution in [1.29, 1.82) is 0 Å². The van der Waals surface area contributed by atoms with E-state index in [-0.39, 0.29) is 10.6 Å². The van der Waals surface area contributed by atoms with E-state index < -0.39 is 0 Å². The summed E-state index contributed by atoms with van der Waals surface area (Å²) >= 11 is 3.80. The SMILES string of the molecule is Cc1cc(C(Br)c2c(C)ccc3ccccc23)ccc1F. The Morgan fingerprint density at radius 2 is 1.67 bits per heavy atom. The average Bonchev–Trinajstić information content (AvgIpc) is 2.49. The van der Waals surface area contributed by atoms with E-state index in [0.29, 0.717) is 5.56 Å². The minimum absolute atomic E-state index is 0.0582. The Morgan fingerprint density at radius 3 is 2.43 bits per heavy atom. The second kappa shape index (κ2) is 5.61. The lowest BCUT2D eigenvalue weighted by molar-refractivity contribution is 0.618. The van der Waals surface area contributed by atoms with Gasteiger partial charge in [0.2, 0.25) is 0 Å². The fourth-order valence-electron chi connectivity index (χ4n) is 2.73. The monoisotopic (exact) mass is 342 g/mol. The second-order valence-electron chi connectivity index (χ2n) is 5.39. The van der Waals surface area contributed by atoms with Crippen LogP contribution >= 0.6 is 15.9 Å². The van der Waals surface area contributed by atoms with Crippen molar-refractivity contribution in [3.8, 4) is 0 Å². The summed E-state index contributed by atoms with van der Waals surface area (Å²) in [4.78, 5) is 0.0582. The Balaban J connectivity index is 2.19. The molecule has 1 atom stereocenters. The van der Waals surface area contributed by atoms with Gasteiger partial charge in [0, 0.05) is 0 Å². The molecule has 3 rings (SSSR count). The third-order valence-electron chi connectivity index (χ3n) is 3.92. The van der Waals surface area contributed by atoms with Crippen LogP contribution in [0.25, 0.3) is 10.8 Å². The minimum atomic E-state index is -0.159. The third-order valence-corrected chi connectivity index (χ3v) is 4.90. The van der Waals surface area contributed by atoms with Gasteiger partial charge in [-0.15, -0.1) is 0 Å². The molecule has 0 saturated heterocycles. The third kappa shape index (κ3) is 2.60. The van der Waals surface area contributed by atoms with E-state index in [9.17, 15) is 4.39 Å². The molecule has 0 aromatic heterocycles. The lowest BCUT2D eigenvalue weighted by Gasteiger charge is -2.17. The van der Waals surface area contributed by atoms with Gasteiger partial charge in [0.05, 0.1) is 4.83 Å². The topological polar surface area (TPSA) is 0 Å². The summed E-state index contributed by atoms with van der Waals surface area (Å²) in [5.74, 6) is -0.159. The maximum Gasteiger partial charge on any atom is 0.126 e. The molecule has 0 saturated carbocycles. The van der Waals surface area contributed by atoms with Gasteiger partial charge in [0.15, 0.2) is 0 Å². The molecule has 0 nitrogen and oxygen atoms in total. The van der Waals surface area contributed by atoms with Crippen LogP contribution in [0, 0.1) is 19.7 Å². The van der Waals surface area contributed by atoms with E-state index in [0.717, 1.165) is 5.56 Å². The summed E-state index contributed by atoms with van der Waals surface area (Å²) in [6, 6.07) is 18.0. The average molecular weight is 343 g/mol. The fourth-order valence-corrected chi connectivity index (χ4v) is 3.63. The standard InChI is InChI=1S/C19H16BrF/c1-12-7-8-14-5-3-4-6-16(14)18(12)19(20)15-9-10-17(21)13(2)11-15/h3-11,19H,1-2H3. The molecule has 2 heteroatoms. The first-order chi connectivity index (χ1) is 10.1. The highest BCUT2D eigenvalue weighted by Gasteiger charge is 2.16. The van der Waals surface area contributed by atoms with Crippen molar-refractivity contribution in [2.75, 3.05) is 0 Å². The minimum Gasteiger partial charge on any atom is -0.207 e. The van der Waals surface area contributed by atoms with Gasteiger partial charge in [-0.05, 0) is 52.9 Å². The van der Waals surface area contributed by atoms with Crippen molar-refractivity contribution in [3.63, 3.8) is 0 Å². The molecule has 0 aliphatic heterocycles. The number of halogens is 2. The zero-order valence-electron chi connectivity index (χ0n) is 12.0. The van der Waals surface area contributed by atoms with Crippen LogP contribution in [0.1, 0.15) is 27.1 Å². The van der Waals surface area contributed by atoms with Gasteiger partial charge in [-0.2, -0.15) is 0 Å². The van der Waals surface area contributed by atoms with Gasteiger partial charge in [-0.3, -0.25) is 0 Å². The lowest BCUT2D eigenvalue weighted by Crippen LogP contribution is -1.98. The number of benzene rings is 3. The van der Waals surface area contributed by atoms with E-state index in [1.165, 1.54) is 21.9 Å². The van der Waals surface area contributed by atoms with Crippen LogP contribution in [0.2, 0.25) is 0 Å². The number of fused-ring (bicyclic) bond motifs is 1. The first kappa shape index (κ1) is 14.3.